The van der Waals surface area contributed by atoms with Crippen LogP contribution in [0, 0.1) is 0 Å². The zero-order valence-electron chi connectivity index (χ0n) is 12.8. The van der Waals surface area contributed by atoms with Crippen molar-refractivity contribution in [2.24, 2.45) is 0 Å². The molecule has 0 radical (unpaired) electrons. The maximum atomic E-state index is 10.6. The third-order valence-corrected chi connectivity index (χ3v) is 4.63. The Morgan fingerprint density at radius 1 is 1.20 bits per heavy atom. The molecule has 0 bridgehead atoms. The molecule has 0 amide bonds. The summed E-state index contributed by atoms with van der Waals surface area (Å²) in [6.07, 6.45) is 6.77. The quantitative estimate of drug-likeness (QED) is 0.914. The molecule has 0 unspecified atom stereocenters. The van der Waals surface area contributed by atoms with Gasteiger partial charge >= 0.3 is 0 Å². The molecule has 0 spiro atoms. The van der Waals surface area contributed by atoms with Gasteiger partial charge in [0.05, 0.1) is 0 Å². The first-order valence-corrected chi connectivity index (χ1v) is 7.93. The molecule has 110 valence electrons. The van der Waals surface area contributed by atoms with Crippen molar-refractivity contribution in [3.05, 3.63) is 22.8 Å². The highest BCUT2D eigenvalue weighted by Gasteiger charge is 2.27. The summed E-state index contributed by atoms with van der Waals surface area (Å²) in [5, 5.41) is 10.6. The second-order valence-electron chi connectivity index (χ2n) is 6.47. The minimum Gasteiger partial charge on any atom is -0.507 e. The number of hydrogen-bond acceptors (Lipinski definition) is 3. The van der Waals surface area contributed by atoms with Gasteiger partial charge in [0, 0.05) is 24.3 Å². The fraction of sp³-hybridized carbons (Fsp3) is 0.647. The van der Waals surface area contributed by atoms with E-state index in [1.807, 2.05) is 0 Å². The summed E-state index contributed by atoms with van der Waals surface area (Å²) >= 11 is 0. The molecular weight excluding hydrogens is 248 g/mol. The van der Waals surface area contributed by atoms with Crippen molar-refractivity contribution in [1.29, 1.82) is 0 Å². The highest BCUT2D eigenvalue weighted by Crippen LogP contribution is 2.42. The zero-order valence-corrected chi connectivity index (χ0v) is 12.8. The number of anilines is 1. The Kier molecular flexibility index (Phi) is 3.88. The van der Waals surface area contributed by atoms with Crippen LogP contribution in [0.4, 0.5) is 5.69 Å². The zero-order chi connectivity index (χ0) is 14.1. The summed E-state index contributed by atoms with van der Waals surface area (Å²) in [7, 11) is 4.21. The predicted molar refractivity (Wildman–Crippen MR) is 83.8 cm³/mol. The lowest BCUT2D eigenvalue weighted by Gasteiger charge is -2.37. The summed E-state index contributed by atoms with van der Waals surface area (Å²) in [6.45, 7) is 3.41. The minimum absolute atomic E-state index is 0.592. The maximum absolute atomic E-state index is 10.6. The molecule has 1 aromatic carbocycles. The van der Waals surface area contributed by atoms with E-state index in [1.165, 1.54) is 54.7 Å². The fourth-order valence-electron chi connectivity index (χ4n) is 3.69. The molecule has 3 heteroatoms. The van der Waals surface area contributed by atoms with E-state index in [0.29, 0.717) is 5.75 Å². The number of nitrogens with zero attached hydrogens (tertiary/aromatic N) is 2. The van der Waals surface area contributed by atoms with Crippen molar-refractivity contribution in [3.8, 4) is 5.75 Å². The van der Waals surface area contributed by atoms with Crippen molar-refractivity contribution in [2.45, 2.75) is 38.5 Å². The third-order valence-electron chi connectivity index (χ3n) is 4.63. The van der Waals surface area contributed by atoms with Gasteiger partial charge in [0.15, 0.2) is 0 Å². The van der Waals surface area contributed by atoms with Crippen LogP contribution in [0.1, 0.15) is 36.0 Å². The van der Waals surface area contributed by atoms with Gasteiger partial charge in [-0.15, -0.1) is 0 Å². The van der Waals surface area contributed by atoms with E-state index in [0.717, 1.165) is 25.8 Å². The van der Waals surface area contributed by atoms with E-state index < -0.39 is 0 Å². The van der Waals surface area contributed by atoms with Crippen LogP contribution in [0.3, 0.4) is 0 Å². The molecule has 0 fully saturated rings. The SMILES string of the molecule is CN(C)CCCc1cc2c3c(c1O)CCCN3CCC2. The summed E-state index contributed by atoms with van der Waals surface area (Å²) in [5.41, 5.74) is 5.25. The smallest absolute Gasteiger partial charge is 0.124 e. The predicted octanol–water partition coefficient (Wildman–Crippen LogP) is 2.59. The Labute approximate surface area is 122 Å². The second kappa shape index (κ2) is 5.65. The van der Waals surface area contributed by atoms with E-state index in [1.54, 1.807) is 0 Å². The number of phenolic OH excluding ortho intramolecular Hbond substituents is 1. The number of aryl methyl sites for hydroxylation is 2. The number of phenols is 1. The Morgan fingerprint density at radius 3 is 2.70 bits per heavy atom. The lowest BCUT2D eigenvalue weighted by atomic mass is 9.88. The van der Waals surface area contributed by atoms with Crippen molar-refractivity contribution < 1.29 is 5.11 Å². The van der Waals surface area contributed by atoms with Gasteiger partial charge in [-0.25, -0.2) is 0 Å². The van der Waals surface area contributed by atoms with E-state index in [-0.39, 0.29) is 0 Å². The van der Waals surface area contributed by atoms with E-state index in [2.05, 4.69) is 30.0 Å². The number of benzene rings is 1. The molecular formula is C17H26N2O. The van der Waals surface area contributed by atoms with Crippen LogP contribution in [0.2, 0.25) is 0 Å². The molecule has 3 nitrogen and oxygen atoms in total. The molecule has 0 aromatic heterocycles. The van der Waals surface area contributed by atoms with Crippen LogP contribution in [0.15, 0.2) is 6.07 Å². The molecule has 0 saturated heterocycles. The van der Waals surface area contributed by atoms with Gasteiger partial charge in [0.25, 0.3) is 0 Å². The van der Waals surface area contributed by atoms with Crippen LogP contribution in [-0.2, 0) is 19.3 Å². The van der Waals surface area contributed by atoms with Crippen LogP contribution >= 0.6 is 0 Å². The second-order valence-corrected chi connectivity index (χ2v) is 6.47. The molecule has 0 atom stereocenters. The third kappa shape index (κ3) is 2.51. The van der Waals surface area contributed by atoms with Crippen LogP contribution in [0.25, 0.3) is 0 Å². The van der Waals surface area contributed by atoms with Crippen molar-refractivity contribution in [3.63, 3.8) is 0 Å². The first-order chi connectivity index (χ1) is 9.66. The van der Waals surface area contributed by atoms with Crippen LogP contribution < -0.4 is 4.90 Å². The molecule has 0 aliphatic carbocycles. The van der Waals surface area contributed by atoms with Crippen molar-refractivity contribution >= 4 is 5.69 Å². The Balaban J connectivity index is 1.89. The Morgan fingerprint density at radius 2 is 1.95 bits per heavy atom. The van der Waals surface area contributed by atoms with Crippen molar-refractivity contribution in [2.75, 3.05) is 38.6 Å². The average molecular weight is 274 g/mol. The van der Waals surface area contributed by atoms with Gasteiger partial charge in [0.1, 0.15) is 5.75 Å². The summed E-state index contributed by atoms with van der Waals surface area (Å²) in [5.74, 6) is 0.592. The molecule has 20 heavy (non-hydrogen) atoms. The van der Waals surface area contributed by atoms with E-state index in [4.69, 9.17) is 0 Å². The standard InChI is InChI=1S/C17H26N2O/c1-18(2)9-3-7-14-12-13-6-4-10-19-11-5-8-15(16(13)19)17(14)20/h12,20H,3-11H2,1-2H3. The Hall–Kier alpha value is -1.22. The van der Waals surface area contributed by atoms with Gasteiger partial charge < -0.3 is 14.9 Å². The molecule has 2 heterocycles. The van der Waals surface area contributed by atoms with Gasteiger partial charge in [-0.2, -0.15) is 0 Å². The maximum Gasteiger partial charge on any atom is 0.124 e. The normalized spacial score (nSPS) is 17.4. The van der Waals surface area contributed by atoms with Gasteiger partial charge in [-0.05, 0) is 70.3 Å². The molecule has 1 N–H and O–H groups in total. The van der Waals surface area contributed by atoms with Gasteiger partial charge in [0.2, 0.25) is 0 Å². The minimum atomic E-state index is 0.592. The lowest BCUT2D eigenvalue weighted by molar-refractivity contribution is 0.396. The highest BCUT2D eigenvalue weighted by molar-refractivity contribution is 5.69. The first kappa shape index (κ1) is 13.7. The van der Waals surface area contributed by atoms with Crippen molar-refractivity contribution in [1.82, 2.24) is 4.90 Å². The molecule has 1 aromatic rings. The molecule has 3 rings (SSSR count). The fourth-order valence-corrected chi connectivity index (χ4v) is 3.69. The van der Waals surface area contributed by atoms with Gasteiger partial charge in [-0.1, -0.05) is 6.07 Å². The first-order valence-electron chi connectivity index (χ1n) is 7.93. The summed E-state index contributed by atoms with van der Waals surface area (Å²) in [6, 6.07) is 2.28. The number of rotatable bonds is 4. The number of aromatic hydroxyl groups is 1. The van der Waals surface area contributed by atoms with Crippen LogP contribution in [-0.4, -0.2) is 43.7 Å². The highest BCUT2D eigenvalue weighted by atomic mass is 16.3. The molecule has 2 aliphatic rings. The van der Waals surface area contributed by atoms with Crippen LogP contribution in [0.5, 0.6) is 5.75 Å². The van der Waals surface area contributed by atoms with E-state index in [9.17, 15) is 5.11 Å². The number of hydrogen-bond donors (Lipinski definition) is 1. The molecule has 0 saturated carbocycles. The largest absolute Gasteiger partial charge is 0.507 e. The Bertz CT molecular complexity index is 494. The average Bonchev–Trinajstić information content (AvgIpc) is 2.44. The summed E-state index contributed by atoms with van der Waals surface area (Å²) < 4.78 is 0. The van der Waals surface area contributed by atoms with E-state index >= 15 is 0 Å². The monoisotopic (exact) mass is 274 g/mol. The topological polar surface area (TPSA) is 26.7 Å². The molecule has 2 aliphatic heterocycles. The summed E-state index contributed by atoms with van der Waals surface area (Å²) in [4.78, 5) is 4.70. The lowest BCUT2D eigenvalue weighted by Crippen LogP contribution is -2.34. The van der Waals surface area contributed by atoms with Gasteiger partial charge in [-0.3, -0.25) is 0 Å².